The number of rotatable bonds is 4. The molecule has 0 saturated heterocycles. The molecule has 2 aromatic carbocycles. The fourth-order valence-corrected chi connectivity index (χ4v) is 4.48. The summed E-state index contributed by atoms with van der Waals surface area (Å²) in [7, 11) is 0. The smallest absolute Gasteiger partial charge is 0.0791 e. The van der Waals surface area contributed by atoms with Crippen molar-refractivity contribution in [3.63, 3.8) is 0 Å². The van der Waals surface area contributed by atoms with E-state index in [-0.39, 0.29) is 0 Å². The second-order valence-electron chi connectivity index (χ2n) is 8.42. The highest BCUT2D eigenvalue weighted by Gasteiger charge is 2.16. The van der Waals surface area contributed by atoms with Crippen molar-refractivity contribution in [2.75, 3.05) is 0 Å². The molecule has 4 heterocycles. The average Bonchev–Trinajstić information content (AvgIpc) is 3.56. The molecule has 168 valence electrons. The van der Waals surface area contributed by atoms with Crippen LogP contribution in [0.4, 0.5) is 0 Å². The Morgan fingerprint density at radius 1 is 0.529 bits per heavy atom. The zero-order chi connectivity index (χ0) is 22.7. The van der Waals surface area contributed by atoms with Crippen LogP contribution in [0.25, 0.3) is 10.8 Å². The van der Waals surface area contributed by atoms with Gasteiger partial charge in [0.2, 0.25) is 0 Å². The number of dihydropyridines is 2. The van der Waals surface area contributed by atoms with E-state index in [1.165, 1.54) is 21.9 Å². The van der Waals surface area contributed by atoms with Crippen LogP contribution < -0.4 is 21.5 Å². The normalized spacial score (nSPS) is 22.4. The van der Waals surface area contributed by atoms with E-state index < -0.39 is 0 Å². The van der Waals surface area contributed by atoms with Gasteiger partial charge in [-0.05, 0) is 58.4 Å². The number of allylic oxidation sites excluding steroid dienone is 8. The maximum Gasteiger partial charge on any atom is 0.0791 e. The van der Waals surface area contributed by atoms with Gasteiger partial charge in [-0.15, -0.1) is 0 Å². The SMILES string of the molecule is C1=CN/C(=C2/C=CN(Cc3cccc4c(CN5C=C/C(=C6\C=CC=CN6)N5)cccc34)N2)C=C1. The maximum atomic E-state index is 3.49. The summed E-state index contributed by atoms with van der Waals surface area (Å²) >= 11 is 0. The summed E-state index contributed by atoms with van der Waals surface area (Å²) in [6.45, 7) is 1.55. The highest BCUT2D eigenvalue weighted by Crippen LogP contribution is 2.26. The van der Waals surface area contributed by atoms with Crippen molar-refractivity contribution >= 4 is 10.8 Å². The molecule has 4 aliphatic heterocycles. The summed E-state index contributed by atoms with van der Waals surface area (Å²) in [6, 6.07) is 13.2. The molecule has 2 aromatic rings. The molecular formula is C28H26N6. The summed E-state index contributed by atoms with van der Waals surface area (Å²) in [6.07, 6.45) is 24.5. The van der Waals surface area contributed by atoms with E-state index in [1.54, 1.807) is 0 Å². The second kappa shape index (κ2) is 8.75. The Labute approximate surface area is 199 Å². The molecule has 0 unspecified atom stereocenters. The van der Waals surface area contributed by atoms with Crippen molar-refractivity contribution in [1.29, 1.82) is 0 Å². The van der Waals surface area contributed by atoms with Gasteiger partial charge in [-0.25, -0.2) is 0 Å². The van der Waals surface area contributed by atoms with Gasteiger partial charge in [0.05, 0.1) is 35.9 Å². The highest BCUT2D eigenvalue weighted by atomic mass is 15.5. The molecule has 0 atom stereocenters. The molecule has 0 spiro atoms. The molecule has 4 aliphatic rings. The van der Waals surface area contributed by atoms with E-state index in [2.05, 4.69) is 105 Å². The summed E-state index contributed by atoms with van der Waals surface area (Å²) < 4.78 is 0. The highest BCUT2D eigenvalue weighted by molar-refractivity contribution is 5.88. The minimum Gasteiger partial charge on any atom is -0.360 e. The van der Waals surface area contributed by atoms with Crippen LogP contribution in [0.2, 0.25) is 0 Å². The molecule has 0 aromatic heterocycles. The summed E-state index contributed by atoms with van der Waals surface area (Å²) in [5.74, 6) is 0. The van der Waals surface area contributed by atoms with Crippen LogP contribution in [0.1, 0.15) is 11.1 Å². The summed E-state index contributed by atoms with van der Waals surface area (Å²) in [5.41, 5.74) is 13.8. The minimum atomic E-state index is 0.775. The zero-order valence-corrected chi connectivity index (χ0v) is 18.7. The third-order valence-electron chi connectivity index (χ3n) is 6.15. The monoisotopic (exact) mass is 446 g/mol. The maximum absolute atomic E-state index is 3.49. The zero-order valence-electron chi connectivity index (χ0n) is 18.7. The van der Waals surface area contributed by atoms with Crippen LogP contribution in [0.15, 0.2) is 133 Å². The third kappa shape index (κ3) is 3.97. The van der Waals surface area contributed by atoms with Crippen LogP contribution in [0.3, 0.4) is 0 Å². The third-order valence-corrected chi connectivity index (χ3v) is 6.15. The topological polar surface area (TPSA) is 54.6 Å². The van der Waals surface area contributed by atoms with Crippen molar-refractivity contribution in [2.45, 2.75) is 13.1 Å². The van der Waals surface area contributed by atoms with E-state index in [1.807, 2.05) is 36.7 Å². The van der Waals surface area contributed by atoms with Crippen LogP contribution in [-0.2, 0) is 13.1 Å². The second-order valence-corrected chi connectivity index (χ2v) is 8.42. The van der Waals surface area contributed by atoms with Gasteiger partial charge < -0.3 is 10.6 Å². The van der Waals surface area contributed by atoms with Gasteiger partial charge in [-0.3, -0.25) is 20.9 Å². The number of fused-ring (bicyclic) bond motifs is 1. The van der Waals surface area contributed by atoms with E-state index in [0.29, 0.717) is 0 Å². The number of benzene rings is 2. The van der Waals surface area contributed by atoms with Crippen LogP contribution in [0, 0.1) is 0 Å². The molecule has 6 nitrogen and oxygen atoms in total. The van der Waals surface area contributed by atoms with Crippen LogP contribution in [0.5, 0.6) is 0 Å². The first-order valence-electron chi connectivity index (χ1n) is 11.4. The van der Waals surface area contributed by atoms with Crippen molar-refractivity contribution < 1.29 is 0 Å². The first kappa shape index (κ1) is 20.1. The fraction of sp³-hybridized carbons (Fsp3) is 0.0714. The lowest BCUT2D eigenvalue weighted by Crippen LogP contribution is -2.29. The molecule has 0 amide bonds. The van der Waals surface area contributed by atoms with Crippen LogP contribution >= 0.6 is 0 Å². The Bertz CT molecular complexity index is 1260. The number of nitrogens with one attached hydrogen (secondary N) is 4. The lowest BCUT2D eigenvalue weighted by Gasteiger charge is -2.22. The van der Waals surface area contributed by atoms with Gasteiger partial charge in [0.25, 0.3) is 0 Å². The predicted molar refractivity (Wildman–Crippen MR) is 136 cm³/mol. The van der Waals surface area contributed by atoms with Gasteiger partial charge >= 0.3 is 0 Å². The lowest BCUT2D eigenvalue weighted by atomic mass is 10.00. The van der Waals surface area contributed by atoms with Gasteiger partial charge in [-0.2, -0.15) is 0 Å². The Hall–Kier alpha value is -4.58. The standard InChI is InChI=1S/C28H26N6/c1-3-15-29-25(11-1)27-13-17-33(31-27)19-21-7-5-10-24-22(8-6-9-23(21)24)20-34-18-14-28(32-34)26-12-2-4-16-30-26/h1-18,29-32H,19-20H2/b27-25-,28-26-. The Morgan fingerprint density at radius 2 is 1.03 bits per heavy atom. The number of hydrogen-bond acceptors (Lipinski definition) is 6. The first-order valence-corrected chi connectivity index (χ1v) is 11.4. The van der Waals surface area contributed by atoms with E-state index in [9.17, 15) is 0 Å². The molecule has 0 bridgehead atoms. The molecule has 0 radical (unpaired) electrons. The Kier molecular flexibility index (Phi) is 5.16. The quantitative estimate of drug-likeness (QED) is 0.563. The van der Waals surface area contributed by atoms with E-state index in [4.69, 9.17) is 0 Å². The predicted octanol–water partition coefficient (Wildman–Crippen LogP) is 4.28. The van der Waals surface area contributed by atoms with Gasteiger partial charge in [0.1, 0.15) is 0 Å². The Balaban J connectivity index is 1.19. The molecule has 6 heteroatoms. The van der Waals surface area contributed by atoms with Gasteiger partial charge in [-0.1, -0.05) is 48.6 Å². The molecule has 0 fully saturated rings. The molecule has 0 aliphatic carbocycles. The number of hydrogen-bond donors (Lipinski definition) is 4. The largest absolute Gasteiger partial charge is 0.360 e. The summed E-state index contributed by atoms with van der Waals surface area (Å²) in [4.78, 5) is 0. The molecule has 6 rings (SSSR count). The molecular weight excluding hydrogens is 420 g/mol. The van der Waals surface area contributed by atoms with Crippen molar-refractivity contribution in [2.24, 2.45) is 0 Å². The average molecular weight is 447 g/mol. The van der Waals surface area contributed by atoms with Gasteiger partial charge in [0.15, 0.2) is 0 Å². The molecule has 0 saturated carbocycles. The van der Waals surface area contributed by atoms with Crippen molar-refractivity contribution in [1.82, 2.24) is 31.5 Å². The van der Waals surface area contributed by atoms with Crippen LogP contribution in [-0.4, -0.2) is 10.0 Å². The molecule has 4 N–H and O–H groups in total. The van der Waals surface area contributed by atoms with E-state index >= 15 is 0 Å². The molecule has 34 heavy (non-hydrogen) atoms. The number of nitrogens with zero attached hydrogens (tertiary/aromatic N) is 2. The van der Waals surface area contributed by atoms with Crippen molar-refractivity contribution in [3.05, 3.63) is 144 Å². The Morgan fingerprint density at radius 3 is 1.47 bits per heavy atom. The van der Waals surface area contributed by atoms with E-state index in [0.717, 1.165) is 35.9 Å². The summed E-state index contributed by atoms with van der Waals surface area (Å²) in [5, 5.41) is 13.4. The lowest BCUT2D eigenvalue weighted by molar-refractivity contribution is 0.316. The number of hydrazine groups is 2. The fourth-order valence-electron chi connectivity index (χ4n) is 4.48. The first-order chi connectivity index (χ1) is 16.8. The van der Waals surface area contributed by atoms with Gasteiger partial charge in [0, 0.05) is 24.8 Å². The minimum absolute atomic E-state index is 0.775. The van der Waals surface area contributed by atoms with Crippen molar-refractivity contribution in [3.8, 4) is 0 Å².